The van der Waals surface area contributed by atoms with Crippen LogP contribution in [0.25, 0.3) is 0 Å². The molecule has 0 aliphatic carbocycles. The molecule has 148 valence electrons. The zero-order chi connectivity index (χ0) is 18.2. The molecule has 1 heterocycles. The number of hydrogen-bond acceptors (Lipinski definition) is 3. The maximum Gasteiger partial charge on any atom is 0.401 e. The van der Waals surface area contributed by atoms with Crippen molar-refractivity contribution in [3.8, 4) is 0 Å². The quantitative estimate of drug-likeness (QED) is 0.253. The van der Waals surface area contributed by atoms with Gasteiger partial charge in [-0.2, -0.15) is 13.2 Å². The lowest BCUT2D eigenvalue weighted by Gasteiger charge is -2.20. The molecule has 1 amide bonds. The van der Waals surface area contributed by atoms with Gasteiger partial charge in [0.05, 0.1) is 6.54 Å². The summed E-state index contributed by atoms with van der Waals surface area (Å²) in [4.78, 5) is 18.9. The molecule has 25 heavy (non-hydrogen) atoms. The van der Waals surface area contributed by atoms with Crippen LogP contribution in [0.15, 0.2) is 4.99 Å². The fourth-order valence-corrected chi connectivity index (χ4v) is 2.66. The molecule has 0 radical (unpaired) electrons. The number of carbonyl (C=O) groups excluding carboxylic acids is 1. The number of hydrogen-bond donors (Lipinski definition) is 2. The molecule has 6 nitrogen and oxygen atoms in total. The predicted octanol–water partition coefficient (Wildman–Crippen LogP) is 1.66. The molecule has 1 atom stereocenters. The molecular weight excluding hydrogens is 450 g/mol. The van der Waals surface area contributed by atoms with Crippen LogP contribution in [-0.2, 0) is 4.79 Å². The SMILES string of the molecule is CCC(=O)N1CCC(NC(=NC)NCCCN(C)CC(F)(F)F)C1.I. The largest absolute Gasteiger partial charge is 0.401 e. The second-order valence-electron chi connectivity index (χ2n) is 6.03. The number of likely N-dealkylation sites (tertiary alicyclic amines) is 1. The Morgan fingerprint density at radius 3 is 2.64 bits per heavy atom. The summed E-state index contributed by atoms with van der Waals surface area (Å²) in [6.07, 6.45) is -2.21. The van der Waals surface area contributed by atoms with E-state index in [1.807, 2.05) is 11.8 Å². The van der Waals surface area contributed by atoms with Crippen LogP contribution in [0.1, 0.15) is 26.2 Å². The highest BCUT2D eigenvalue weighted by atomic mass is 127. The highest BCUT2D eigenvalue weighted by Crippen LogP contribution is 2.15. The van der Waals surface area contributed by atoms with Gasteiger partial charge in [0, 0.05) is 39.1 Å². The van der Waals surface area contributed by atoms with Gasteiger partial charge in [0.25, 0.3) is 0 Å². The molecule has 0 aromatic heterocycles. The summed E-state index contributed by atoms with van der Waals surface area (Å²) >= 11 is 0. The van der Waals surface area contributed by atoms with Crippen LogP contribution in [0.5, 0.6) is 0 Å². The summed E-state index contributed by atoms with van der Waals surface area (Å²) in [6, 6.07) is 0.152. The van der Waals surface area contributed by atoms with Gasteiger partial charge in [-0.1, -0.05) is 6.92 Å². The summed E-state index contributed by atoms with van der Waals surface area (Å²) < 4.78 is 36.7. The third kappa shape index (κ3) is 10.1. The van der Waals surface area contributed by atoms with Gasteiger partial charge in [-0.3, -0.25) is 14.7 Å². The van der Waals surface area contributed by atoms with Crippen molar-refractivity contribution in [1.82, 2.24) is 20.4 Å². The molecule has 0 saturated carbocycles. The van der Waals surface area contributed by atoms with Crippen molar-refractivity contribution in [2.45, 2.75) is 38.4 Å². The van der Waals surface area contributed by atoms with E-state index in [1.54, 1.807) is 7.05 Å². The van der Waals surface area contributed by atoms with Crippen molar-refractivity contribution in [3.05, 3.63) is 0 Å². The Morgan fingerprint density at radius 2 is 2.08 bits per heavy atom. The van der Waals surface area contributed by atoms with Crippen LogP contribution in [0.3, 0.4) is 0 Å². The number of guanidine groups is 1. The van der Waals surface area contributed by atoms with E-state index in [2.05, 4.69) is 15.6 Å². The third-order valence-electron chi connectivity index (χ3n) is 3.87. The molecule has 1 fully saturated rings. The zero-order valence-corrected chi connectivity index (χ0v) is 17.4. The molecule has 0 spiro atoms. The van der Waals surface area contributed by atoms with Gasteiger partial charge >= 0.3 is 6.18 Å². The number of carbonyl (C=O) groups is 1. The van der Waals surface area contributed by atoms with E-state index in [1.165, 1.54) is 11.9 Å². The zero-order valence-electron chi connectivity index (χ0n) is 15.0. The van der Waals surface area contributed by atoms with Gasteiger partial charge < -0.3 is 15.5 Å². The standard InChI is InChI=1S/C15H28F3N5O.HI/c1-4-13(24)23-9-6-12(10-23)21-14(19-2)20-7-5-8-22(3)11-15(16,17)18;/h12H,4-11H2,1-3H3,(H2,19,20,21);1H. The van der Waals surface area contributed by atoms with Crippen molar-refractivity contribution in [2.24, 2.45) is 4.99 Å². The second kappa shape index (κ2) is 11.8. The van der Waals surface area contributed by atoms with Crippen LogP contribution >= 0.6 is 24.0 Å². The number of nitrogens with zero attached hydrogens (tertiary/aromatic N) is 3. The van der Waals surface area contributed by atoms with Crippen LogP contribution < -0.4 is 10.6 Å². The second-order valence-corrected chi connectivity index (χ2v) is 6.03. The Balaban J connectivity index is 0.00000576. The van der Waals surface area contributed by atoms with E-state index in [9.17, 15) is 18.0 Å². The lowest BCUT2D eigenvalue weighted by Crippen LogP contribution is -2.45. The van der Waals surface area contributed by atoms with Crippen molar-refractivity contribution in [1.29, 1.82) is 0 Å². The van der Waals surface area contributed by atoms with E-state index in [4.69, 9.17) is 0 Å². The molecule has 0 aromatic rings. The lowest BCUT2D eigenvalue weighted by molar-refractivity contribution is -0.143. The summed E-state index contributed by atoms with van der Waals surface area (Å²) in [6.45, 7) is 3.23. The highest BCUT2D eigenvalue weighted by Gasteiger charge is 2.29. The number of alkyl halides is 3. The fourth-order valence-electron chi connectivity index (χ4n) is 2.66. The molecular formula is C15H29F3IN5O. The number of aliphatic imine (C=N–C) groups is 1. The summed E-state index contributed by atoms with van der Waals surface area (Å²) in [5.74, 6) is 0.763. The Hall–Kier alpha value is -0.780. The molecule has 0 aromatic carbocycles. The minimum absolute atomic E-state index is 0. The summed E-state index contributed by atoms with van der Waals surface area (Å²) in [5, 5.41) is 6.35. The number of halogens is 4. The molecule has 10 heteroatoms. The van der Waals surface area contributed by atoms with Gasteiger partial charge in [0.15, 0.2) is 5.96 Å². The monoisotopic (exact) mass is 479 g/mol. The molecule has 1 saturated heterocycles. The fraction of sp³-hybridized carbons (Fsp3) is 0.867. The molecule has 1 rings (SSSR count). The first-order valence-corrected chi connectivity index (χ1v) is 8.25. The van der Waals surface area contributed by atoms with Crippen molar-refractivity contribution in [3.63, 3.8) is 0 Å². The van der Waals surface area contributed by atoms with Gasteiger partial charge in [0.1, 0.15) is 0 Å². The van der Waals surface area contributed by atoms with E-state index in [0.29, 0.717) is 38.4 Å². The molecule has 1 unspecified atom stereocenters. The van der Waals surface area contributed by atoms with Crippen LogP contribution in [0, 0.1) is 0 Å². The smallest absolute Gasteiger partial charge is 0.356 e. The van der Waals surface area contributed by atoms with Gasteiger partial charge in [-0.25, -0.2) is 0 Å². The van der Waals surface area contributed by atoms with Gasteiger partial charge in [-0.05, 0) is 26.4 Å². The van der Waals surface area contributed by atoms with Crippen molar-refractivity contribution < 1.29 is 18.0 Å². The first kappa shape index (κ1) is 24.2. The normalized spacial score (nSPS) is 18.3. The van der Waals surface area contributed by atoms with Crippen LogP contribution in [0.4, 0.5) is 13.2 Å². The van der Waals surface area contributed by atoms with Crippen molar-refractivity contribution in [2.75, 3.05) is 46.8 Å². The minimum Gasteiger partial charge on any atom is -0.356 e. The Morgan fingerprint density at radius 1 is 1.40 bits per heavy atom. The average molecular weight is 479 g/mol. The number of amides is 1. The summed E-state index contributed by atoms with van der Waals surface area (Å²) in [5.41, 5.74) is 0. The number of nitrogens with one attached hydrogen (secondary N) is 2. The minimum atomic E-state index is -4.16. The molecule has 1 aliphatic rings. The first-order valence-electron chi connectivity index (χ1n) is 8.25. The van der Waals surface area contributed by atoms with Crippen molar-refractivity contribution >= 4 is 35.8 Å². The molecule has 2 N–H and O–H groups in total. The Kier molecular flexibility index (Phi) is 11.4. The van der Waals surface area contributed by atoms with E-state index in [0.717, 1.165) is 13.0 Å². The highest BCUT2D eigenvalue weighted by molar-refractivity contribution is 14.0. The Labute approximate surface area is 164 Å². The van der Waals surface area contributed by atoms with E-state index >= 15 is 0 Å². The lowest BCUT2D eigenvalue weighted by atomic mass is 10.3. The third-order valence-corrected chi connectivity index (χ3v) is 3.87. The topological polar surface area (TPSA) is 60.0 Å². The maximum atomic E-state index is 12.2. The Bertz CT molecular complexity index is 434. The van der Waals surface area contributed by atoms with Crippen LogP contribution in [0.2, 0.25) is 0 Å². The van der Waals surface area contributed by atoms with Gasteiger partial charge in [0.2, 0.25) is 5.91 Å². The van der Waals surface area contributed by atoms with E-state index in [-0.39, 0.29) is 35.9 Å². The predicted molar refractivity (Wildman–Crippen MR) is 103 cm³/mol. The van der Waals surface area contributed by atoms with Gasteiger partial charge in [-0.15, -0.1) is 24.0 Å². The molecule has 0 bridgehead atoms. The first-order chi connectivity index (χ1) is 11.2. The average Bonchev–Trinajstić information content (AvgIpc) is 2.96. The summed E-state index contributed by atoms with van der Waals surface area (Å²) in [7, 11) is 3.10. The van der Waals surface area contributed by atoms with E-state index < -0.39 is 12.7 Å². The molecule has 1 aliphatic heterocycles. The number of rotatable bonds is 7. The van der Waals surface area contributed by atoms with Crippen LogP contribution in [-0.4, -0.2) is 80.7 Å². The maximum absolute atomic E-state index is 12.2.